The first kappa shape index (κ1) is 50.5. The maximum Gasteiger partial charge on any atom is 0.0465 e. The van der Waals surface area contributed by atoms with E-state index in [9.17, 15) is 0 Å². The lowest BCUT2D eigenvalue weighted by atomic mass is 9.70. The first-order valence-electron chi connectivity index (χ1n) is 27.6. The highest BCUT2D eigenvalue weighted by Gasteiger charge is 2.44. The van der Waals surface area contributed by atoms with Crippen LogP contribution in [0.2, 0.25) is 0 Å². The summed E-state index contributed by atoms with van der Waals surface area (Å²) in [6, 6.07) is 43.7. The van der Waals surface area contributed by atoms with Crippen LogP contribution in [-0.4, -0.2) is 0 Å². The number of unbranched alkanes of at least 4 members (excludes halogenated alkanes) is 20. The third-order valence-corrected chi connectivity index (χ3v) is 16.7. The molecule has 0 unspecified atom stereocenters. The summed E-state index contributed by atoms with van der Waals surface area (Å²) >= 11 is 2.48. The van der Waals surface area contributed by atoms with Crippen molar-refractivity contribution >= 4 is 39.7 Å². The van der Waals surface area contributed by atoms with Crippen LogP contribution in [0.3, 0.4) is 0 Å². The van der Waals surface area contributed by atoms with Crippen LogP contribution in [0.15, 0.2) is 109 Å². The Morgan fingerprint density at radius 3 is 0.985 bits per heavy atom. The van der Waals surface area contributed by atoms with E-state index in [-0.39, 0.29) is 10.8 Å². The molecule has 1 nitrogen and oxygen atoms in total. The number of benzene rings is 5. The molecule has 5 aromatic rings. The van der Waals surface area contributed by atoms with Crippen LogP contribution in [0, 0.1) is 3.57 Å². The molecule has 5 aromatic carbocycles. The second-order valence-electron chi connectivity index (χ2n) is 20.6. The molecule has 7 rings (SSSR count). The molecule has 0 N–H and O–H groups in total. The Labute approximate surface area is 417 Å². The zero-order valence-corrected chi connectivity index (χ0v) is 44.2. The average molecular weight is 996 g/mol. The van der Waals surface area contributed by atoms with Crippen molar-refractivity contribution in [2.45, 2.75) is 218 Å². The minimum Gasteiger partial charge on any atom is -0.310 e. The summed E-state index contributed by atoms with van der Waals surface area (Å²) < 4.78 is 1.28. The lowest BCUT2D eigenvalue weighted by Crippen LogP contribution is -2.26. The Balaban J connectivity index is 1.32. The molecule has 0 radical (unpaired) electrons. The van der Waals surface area contributed by atoms with E-state index in [1.165, 1.54) is 223 Å². The summed E-state index contributed by atoms with van der Waals surface area (Å²) in [6.07, 6.45) is 37.0. The van der Waals surface area contributed by atoms with E-state index in [4.69, 9.17) is 0 Å². The molecule has 2 heteroatoms. The summed E-state index contributed by atoms with van der Waals surface area (Å²) in [7, 11) is 0. The van der Waals surface area contributed by atoms with Crippen molar-refractivity contribution < 1.29 is 0 Å². The highest BCUT2D eigenvalue weighted by molar-refractivity contribution is 14.1. The summed E-state index contributed by atoms with van der Waals surface area (Å²) in [5.41, 5.74) is 16.1. The van der Waals surface area contributed by atoms with E-state index < -0.39 is 0 Å². The van der Waals surface area contributed by atoms with Gasteiger partial charge >= 0.3 is 0 Å². The molecule has 0 fully saturated rings. The topological polar surface area (TPSA) is 3.24 Å². The molecule has 0 amide bonds. The minimum atomic E-state index is 0.0399. The van der Waals surface area contributed by atoms with E-state index in [0.717, 1.165) is 0 Å². The highest BCUT2D eigenvalue weighted by Crippen LogP contribution is 2.58. The van der Waals surface area contributed by atoms with Crippen molar-refractivity contribution in [3.8, 4) is 22.3 Å². The van der Waals surface area contributed by atoms with Crippen LogP contribution in [0.1, 0.15) is 230 Å². The summed E-state index contributed by atoms with van der Waals surface area (Å²) in [5, 5.41) is 0. The Hall–Kier alpha value is -3.37. The molecule has 354 valence electrons. The second-order valence-corrected chi connectivity index (χ2v) is 21.8. The van der Waals surface area contributed by atoms with Gasteiger partial charge in [-0.3, -0.25) is 0 Å². The molecular formula is C64H86IN. The van der Waals surface area contributed by atoms with E-state index in [1.54, 1.807) is 22.3 Å². The van der Waals surface area contributed by atoms with Gasteiger partial charge in [0, 0.05) is 31.5 Å². The number of fused-ring (bicyclic) bond motifs is 6. The van der Waals surface area contributed by atoms with Crippen LogP contribution in [0.25, 0.3) is 22.3 Å². The Morgan fingerprint density at radius 1 is 0.318 bits per heavy atom. The highest BCUT2D eigenvalue weighted by atomic mass is 127. The molecule has 0 aromatic heterocycles. The third kappa shape index (κ3) is 11.9. The standard InChI is InChI=1S/C64H86IN/c1-5-9-13-17-21-29-45-63(46-30-22-18-14-10-6-2)59-35-27-25-33-55(59)57-43-41-53(49-61(57)63)66(52-39-37-51(65)38-40-52)54-42-44-58-56-34-26-28-36-60(56)64(62(58)50-54,47-31-23-19-15-11-7-3)48-32-24-20-16-12-8-4/h25-28,33-44,49-50H,5-24,29-32,45-48H2,1-4H3. The maximum atomic E-state index is 2.67. The van der Waals surface area contributed by atoms with Crippen LogP contribution in [0.5, 0.6) is 0 Å². The van der Waals surface area contributed by atoms with Gasteiger partial charge in [-0.05, 0) is 141 Å². The summed E-state index contributed by atoms with van der Waals surface area (Å²) in [4.78, 5) is 2.63. The molecule has 0 spiro atoms. The summed E-state index contributed by atoms with van der Waals surface area (Å²) in [6.45, 7) is 9.35. The third-order valence-electron chi connectivity index (χ3n) is 15.9. The zero-order valence-electron chi connectivity index (χ0n) is 42.0. The maximum absolute atomic E-state index is 2.67. The predicted molar refractivity (Wildman–Crippen MR) is 298 cm³/mol. The molecule has 0 aliphatic heterocycles. The monoisotopic (exact) mass is 996 g/mol. The van der Waals surface area contributed by atoms with Gasteiger partial charge in [0.15, 0.2) is 0 Å². The SMILES string of the molecule is CCCCCCCCC1(CCCCCCCC)c2ccccc2-c2ccc(N(c3ccc(I)cc3)c3ccc4c(c3)C(CCCCCCCC)(CCCCCCCC)c3ccccc3-4)cc21. The Bertz CT molecular complexity index is 2050. The number of hydrogen-bond donors (Lipinski definition) is 0. The zero-order chi connectivity index (χ0) is 46.0. The molecule has 0 heterocycles. The molecule has 0 saturated carbocycles. The van der Waals surface area contributed by atoms with Gasteiger partial charge in [0.2, 0.25) is 0 Å². The van der Waals surface area contributed by atoms with Crippen LogP contribution in [0.4, 0.5) is 17.1 Å². The van der Waals surface area contributed by atoms with Crippen molar-refractivity contribution in [3.63, 3.8) is 0 Å². The molecular weight excluding hydrogens is 910 g/mol. The van der Waals surface area contributed by atoms with Gasteiger partial charge in [-0.15, -0.1) is 0 Å². The first-order chi connectivity index (χ1) is 32.5. The van der Waals surface area contributed by atoms with Crippen molar-refractivity contribution in [2.75, 3.05) is 4.90 Å². The number of halogens is 1. The van der Waals surface area contributed by atoms with E-state index in [0.29, 0.717) is 0 Å². The van der Waals surface area contributed by atoms with Crippen LogP contribution >= 0.6 is 22.6 Å². The molecule has 2 aliphatic rings. The molecule has 0 saturated heterocycles. The number of rotatable bonds is 31. The van der Waals surface area contributed by atoms with Crippen molar-refractivity contribution in [1.29, 1.82) is 0 Å². The fourth-order valence-corrected chi connectivity index (χ4v) is 12.7. The van der Waals surface area contributed by atoms with Gasteiger partial charge in [0.25, 0.3) is 0 Å². The number of hydrogen-bond acceptors (Lipinski definition) is 1. The molecule has 0 atom stereocenters. The van der Waals surface area contributed by atoms with Crippen molar-refractivity contribution in [1.82, 2.24) is 0 Å². The van der Waals surface area contributed by atoms with Crippen molar-refractivity contribution in [3.05, 3.63) is 135 Å². The molecule has 2 aliphatic carbocycles. The summed E-state index contributed by atoms with van der Waals surface area (Å²) in [5.74, 6) is 0. The van der Waals surface area contributed by atoms with E-state index in [1.807, 2.05) is 0 Å². The van der Waals surface area contributed by atoms with Gasteiger partial charge in [0.05, 0.1) is 0 Å². The van der Waals surface area contributed by atoms with Gasteiger partial charge < -0.3 is 4.90 Å². The van der Waals surface area contributed by atoms with Gasteiger partial charge in [0.1, 0.15) is 0 Å². The van der Waals surface area contributed by atoms with Gasteiger partial charge in [-0.25, -0.2) is 0 Å². The molecule has 0 bridgehead atoms. The largest absolute Gasteiger partial charge is 0.310 e. The quantitative estimate of drug-likeness (QED) is 0.0316. The Morgan fingerprint density at radius 2 is 0.621 bits per heavy atom. The van der Waals surface area contributed by atoms with Gasteiger partial charge in [-0.2, -0.15) is 0 Å². The second kappa shape index (κ2) is 25.8. The lowest BCUT2D eigenvalue weighted by molar-refractivity contribution is 0.398. The van der Waals surface area contributed by atoms with Crippen molar-refractivity contribution in [2.24, 2.45) is 0 Å². The van der Waals surface area contributed by atoms with E-state index >= 15 is 0 Å². The first-order valence-corrected chi connectivity index (χ1v) is 28.6. The average Bonchev–Trinajstić information content (AvgIpc) is 3.77. The van der Waals surface area contributed by atoms with Crippen LogP contribution < -0.4 is 4.90 Å². The minimum absolute atomic E-state index is 0.0399. The predicted octanol–water partition coefficient (Wildman–Crippen LogP) is 21.3. The normalized spacial score (nSPS) is 14.0. The fraction of sp³-hybridized carbons (Fsp3) is 0.531. The van der Waals surface area contributed by atoms with Crippen LogP contribution in [-0.2, 0) is 10.8 Å². The Kier molecular flexibility index (Phi) is 19.8. The number of nitrogens with zero attached hydrogens (tertiary/aromatic N) is 1. The fourth-order valence-electron chi connectivity index (χ4n) is 12.4. The van der Waals surface area contributed by atoms with E-state index in [2.05, 4.69) is 164 Å². The van der Waals surface area contributed by atoms with Gasteiger partial charge in [-0.1, -0.05) is 242 Å². The smallest absolute Gasteiger partial charge is 0.0465 e. The molecule has 66 heavy (non-hydrogen) atoms. The number of anilines is 3. The lowest BCUT2D eigenvalue weighted by Gasteiger charge is -2.35.